The number of carbonyl (C=O) groups excluding carboxylic acids is 2. The van der Waals surface area contributed by atoms with Gasteiger partial charge in [-0.05, 0) is 86.0 Å². The van der Waals surface area contributed by atoms with Gasteiger partial charge >= 0.3 is 5.97 Å². The summed E-state index contributed by atoms with van der Waals surface area (Å²) in [7, 11) is 0. The molecule has 4 saturated carbocycles. The Labute approximate surface area is 182 Å². The summed E-state index contributed by atoms with van der Waals surface area (Å²) in [5.41, 5.74) is 0.343. The largest absolute Gasteiger partial charge is 0.462 e. The van der Waals surface area contributed by atoms with E-state index in [1.807, 2.05) is 6.08 Å². The molecule has 0 spiro atoms. The Kier molecular flexibility index (Phi) is 5.39. The lowest BCUT2D eigenvalue weighted by molar-refractivity contribution is -0.161. The summed E-state index contributed by atoms with van der Waals surface area (Å²) in [6.07, 6.45) is 19.1. The Hall–Kier alpha value is -1.12. The molecule has 0 unspecified atom stereocenters. The summed E-state index contributed by atoms with van der Waals surface area (Å²) in [6, 6.07) is 0. The zero-order valence-corrected chi connectivity index (χ0v) is 19.0. The predicted molar refractivity (Wildman–Crippen MR) is 118 cm³/mol. The molecule has 0 aromatic rings. The lowest BCUT2D eigenvalue weighted by atomic mass is 9.46. The fraction of sp³-hybridized carbons (Fsp3) is 0.852. The van der Waals surface area contributed by atoms with Crippen molar-refractivity contribution in [1.29, 1.82) is 0 Å². The van der Waals surface area contributed by atoms with Gasteiger partial charge in [-0.2, -0.15) is 0 Å². The summed E-state index contributed by atoms with van der Waals surface area (Å²) in [5, 5.41) is 0. The number of hydrogen-bond donors (Lipinski definition) is 0. The number of carbonyl (C=O) groups is 2. The number of esters is 1. The van der Waals surface area contributed by atoms with Gasteiger partial charge in [-0.15, -0.1) is 0 Å². The minimum Gasteiger partial charge on any atom is -0.462 e. The van der Waals surface area contributed by atoms with Crippen LogP contribution in [-0.2, 0) is 14.3 Å². The Balaban J connectivity index is 1.25. The molecule has 0 N–H and O–H groups in total. The van der Waals surface area contributed by atoms with Gasteiger partial charge in [0.25, 0.3) is 0 Å². The van der Waals surface area contributed by atoms with Gasteiger partial charge in [0.05, 0.1) is 0 Å². The van der Waals surface area contributed by atoms with Crippen molar-refractivity contribution >= 4 is 11.8 Å². The van der Waals surface area contributed by atoms with Crippen LogP contribution in [0.3, 0.4) is 0 Å². The van der Waals surface area contributed by atoms with Crippen LogP contribution in [0.4, 0.5) is 0 Å². The number of rotatable bonds is 4. The second-order valence-corrected chi connectivity index (χ2v) is 11.8. The summed E-state index contributed by atoms with van der Waals surface area (Å²) >= 11 is 0. The van der Waals surface area contributed by atoms with Crippen LogP contribution in [0.25, 0.3) is 0 Å². The number of ether oxygens (including phenoxy) is 1. The molecule has 0 aliphatic heterocycles. The summed E-state index contributed by atoms with van der Waals surface area (Å²) < 4.78 is 6.17. The van der Waals surface area contributed by atoms with Crippen molar-refractivity contribution in [2.24, 2.45) is 40.4 Å². The second-order valence-electron chi connectivity index (χ2n) is 11.8. The van der Waals surface area contributed by atoms with E-state index in [-0.39, 0.29) is 22.9 Å². The normalized spacial score (nSPS) is 45.7. The molecule has 7 atom stereocenters. The molecule has 0 aromatic heterocycles. The molecule has 30 heavy (non-hydrogen) atoms. The van der Waals surface area contributed by atoms with Crippen molar-refractivity contribution in [3.05, 3.63) is 12.2 Å². The highest BCUT2D eigenvalue weighted by Gasteiger charge is 2.60. The highest BCUT2D eigenvalue weighted by molar-refractivity contribution is 5.91. The Bertz CT molecular complexity index is 720. The van der Waals surface area contributed by atoms with E-state index in [0.717, 1.165) is 31.1 Å². The fourth-order valence-electron chi connectivity index (χ4n) is 8.62. The van der Waals surface area contributed by atoms with Crippen molar-refractivity contribution in [1.82, 2.24) is 0 Å². The van der Waals surface area contributed by atoms with E-state index in [4.69, 9.17) is 4.74 Å². The van der Waals surface area contributed by atoms with Crippen LogP contribution in [0.1, 0.15) is 97.3 Å². The van der Waals surface area contributed by atoms with E-state index < -0.39 is 0 Å². The van der Waals surface area contributed by atoms with Gasteiger partial charge in [-0.1, -0.05) is 45.6 Å². The highest BCUT2D eigenvalue weighted by Crippen LogP contribution is 2.65. The summed E-state index contributed by atoms with van der Waals surface area (Å²) in [6.45, 7) is 4.85. The van der Waals surface area contributed by atoms with Crippen LogP contribution in [-0.4, -0.2) is 17.9 Å². The van der Waals surface area contributed by atoms with Gasteiger partial charge in [-0.3, -0.25) is 9.59 Å². The first-order valence-electron chi connectivity index (χ1n) is 12.8. The third kappa shape index (κ3) is 3.39. The molecule has 0 bridgehead atoms. The lowest BCUT2D eigenvalue weighted by Crippen LogP contribution is -2.53. The van der Waals surface area contributed by atoms with Gasteiger partial charge in [0, 0.05) is 18.3 Å². The minimum absolute atomic E-state index is 0.0558. The van der Waals surface area contributed by atoms with E-state index in [1.54, 1.807) is 0 Å². The Morgan fingerprint density at radius 2 is 1.83 bits per heavy atom. The molecule has 3 nitrogen and oxygen atoms in total. The van der Waals surface area contributed by atoms with E-state index in [2.05, 4.69) is 19.9 Å². The third-order valence-corrected chi connectivity index (χ3v) is 10.5. The van der Waals surface area contributed by atoms with Crippen molar-refractivity contribution in [3.63, 3.8) is 0 Å². The topological polar surface area (TPSA) is 43.4 Å². The first kappa shape index (κ1) is 20.8. The molecule has 0 saturated heterocycles. The standard InChI is InChI=1S/C27H40O3/c1-26-15-13-20(28)17-19(26)8-9-21-22-10-11-24(27(22,2)16-14-23(21)26)30-25(29)12-7-18-5-3-4-6-18/h13,15,18-19,21-24H,3-12,14,16-17H2,1-2H3/t19-,21-,22-,23-,24-,26-,27-/m0/s1. The van der Waals surface area contributed by atoms with E-state index in [1.165, 1.54) is 57.8 Å². The molecule has 0 radical (unpaired) electrons. The van der Waals surface area contributed by atoms with Crippen LogP contribution in [0.5, 0.6) is 0 Å². The zero-order valence-electron chi connectivity index (χ0n) is 19.0. The summed E-state index contributed by atoms with van der Waals surface area (Å²) in [5.74, 6) is 3.76. The van der Waals surface area contributed by atoms with Crippen LogP contribution < -0.4 is 0 Å². The van der Waals surface area contributed by atoms with E-state index >= 15 is 0 Å². The SMILES string of the molecule is C[C@]12C=CC(=O)C[C@@H]1CC[C@@H]1[C@@H]2CC[C@]2(C)[C@@H](OC(=O)CCC3CCCC3)CC[C@@H]12. The molecule has 0 amide bonds. The maximum Gasteiger partial charge on any atom is 0.306 e. The maximum absolute atomic E-state index is 12.7. The molecule has 4 fully saturated rings. The quantitative estimate of drug-likeness (QED) is 0.512. The van der Waals surface area contributed by atoms with Crippen molar-refractivity contribution < 1.29 is 14.3 Å². The van der Waals surface area contributed by atoms with Gasteiger partial charge in [0.15, 0.2) is 5.78 Å². The highest BCUT2D eigenvalue weighted by atomic mass is 16.5. The third-order valence-electron chi connectivity index (χ3n) is 10.5. The maximum atomic E-state index is 12.7. The van der Waals surface area contributed by atoms with E-state index in [0.29, 0.717) is 30.0 Å². The molecule has 5 aliphatic rings. The minimum atomic E-state index is 0.0558. The average molecular weight is 413 g/mol. The monoisotopic (exact) mass is 412 g/mol. The Morgan fingerprint density at radius 1 is 1.03 bits per heavy atom. The molecule has 3 heteroatoms. The summed E-state index contributed by atoms with van der Waals surface area (Å²) in [4.78, 5) is 24.7. The van der Waals surface area contributed by atoms with E-state index in [9.17, 15) is 9.59 Å². The van der Waals surface area contributed by atoms with Gasteiger partial charge < -0.3 is 4.74 Å². The first-order chi connectivity index (χ1) is 14.4. The fourth-order valence-corrected chi connectivity index (χ4v) is 8.62. The lowest BCUT2D eigenvalue weighted by Gasteiger charge is -2.58. The van der Waals surface area contributed by atoms with Crippen molar-refractivity contribution in [2.75, 3.05) is 0 Å². The molecular weight excluding hydrogens is 372 g/mol. The molecule has 5 aliphatic carbocycles. The molecule has 166 valence electrons. The molecule has 0 heterocycles. The number of fused-ring (bicyclic) bond motifs is 5. The van der Waals surface area contributed by atoms with Crippen LogP contribution in [0.2, 0.25) is 0 Å². The van der Waals surface area contributed by atoms with Crippen molar-refractivity contribution in [3.8, 4) is 0 Å². The average Bonchev–Trinajstić information content (AvgIpc) is 3.35. The number of hydrogen-bond acceptors (Lipinski definition) is 3. The number of ketones is 1. The van der Waals surface area contributed by atoms with Crippen LogP contribution in [0, 0.1) is 40.4 Å². The molecule has 5 rings (SSSR count). The van der Waals surface area contributed by atoms with Gasteiger partial charge in [-0.25, -0.2) is 0 Å². The molecular formula is C27H40O3. The Morgan fingerprint density at radius 3 is 2.63 bits per heavy atom. The zero-order chi connectivity index (χ0) is 20.9. The predicted octanol–water partition coefficient (Wildman–Crippen LogP) is 6.26. The first-order valence-corrected chi connectivity index (χ1v) is 12.8. The van der Waals surface area contributed by atoms with Crippen LogP contribution in [0.15, 0.2) is 12.2 Å². The van der Waals surface area contributed by atoms with Crippen molar-refractivity contribution in [2.45, 2.75) is 103 Å². The van der Waals surface area contributed by atoms with Gasteiger partial charge in [0.2, 0.25) is 0 Å². The second kappa shape index (κ2) is 7.78. The number of allylic oxidation sites excluding steroid dienone is 2. The molecule has 0 aromatic carbocycles. The smallest absolute Gasteiger partial charge is 0.306 e. The van der Waals surface area contributed by atoms with Crippen LogP contribution >= 0.6 is 0 Å². The van der Waals surface area contributed by atoms with Gasteiger partial charge in [0.1, 0.15) is 6.10 Å².